The van der Waals surface area contributed by atoms with E-state index in [4.69, 9.17) is 10.5 Å². The molecule has 0 aliphatic rings. The van der Waals surface area contributed by atoms with Crippen LogP contribution in [-0.2, 0) is 0 Å². The number of hydrogen-bond acceptors (Lipinski definition) is 2. The lowest BCUT2D eigenvalue weighted by atomic mass is 10.2. The predicted octanol–water partition coefficient (Wildman–Crippen LogP) is -0.191. The van der Waals surface area contributed by atoms with Crippen molar-refractivity contribution in [2.75, 3.05) is 0 Å². The molecule has 0 heterocycles. The molecule has 0 saturated heterocycles. The molecule has 3 amide bonds. The van der Waals surface area contributed by atoms with Crippen molar-refractivity contribution in [2.24, 2.45) is 17.2 Å². The Morgan fingerprint density at radius 1 is 0.923 bits per heavy atom. The molecule has 5 nitrogen and oxygen atoms in total. The fraction of sp³-hybridized carbons (Fsp3) is 0. The van der Waals surface area contributed by atoms with E-state index in [1.165, 1.54) is 0 Å². The van der Waals surface area contributed by atoms with E-state index in [0.717, 1.165) is 0 Å². The number of rotatable bonds is 1. The minimum Gasteiger partial charge on any atom is -0.366 e. The number of urea groups is 1. The smallest absolute Gasteiger partial charge is 0.309 e. The van der Waals surface area contributed by atoms with Crippen LogP contribution in [-0.4, -0.2) is 11.9 Å². The Labute approximate surface area is 75.5 Å². The molecule has 0 unspecified atom stereocenters. The van der Waals surface area contributed by atoms with Crippen LogP contribution in [0.2, 0.25) is 0 Å². The van der Waals surface area contributed by atoms with Crippen molar-refractivity contribution in [1.29, 1.82) is 0 Å². The molecule has 0 saturated carbocycles. The van der Waals surface area contributed by atoms with Crippen LogP contribution in [0.4, 0.5) is 4.79 Å². The summed E-state index contributed by atoms with van der Waals surface area (Å²) in [6, 6.07) is 7.93. The average Bonchev–Trinajstić information content (AvgIpc) is 2.05. The number of amides is 3. The van der Waals surface area contributed by atoms with E-state index in [1.807, 2.05) is 6.07 Å². The van der Waals surface area contributed by atoms with Gasteiger partial charge >= 0.3 is 6.03 Å². The van der Waals surface area contributed by atoms with Crippen LogP contribution in [0.15, 0.2) is 30.3 Å². The van der Waals surface area contributed by atoms with Gasteiger partial charge in [0.05, 0.1) is 0 Å². The zero-order chi connectivity index (χ0) is 10.3. The molecule has 0 atom stereocenters. The monoisotopic (exact) mass is 181 g/mol. The molecule has 13 heavy (non-hydrogen) atoms. The van der Waals surface area contributed by atoms with E-state index >= 15 is 0 Å². The van der Waals surface area contributed by atoms with Crippen molar-refractivity contribution in [3.8, 4) is 0 Å². The first-order valence-corrected chi connectivity index (χ1v) is 3.43. The van der Waals surface area contributed by atoms with E-state index in [9.17, 15) is 4.79 Å². The maximum Gasteiger partial charge on any atom is 0.309 e. The average molecular weight is 181 g/mol. The number of carbonyl (C=O) groups excluding carboxylic acids is 2. The number of hydrogen-bond donors (Lipinski definition) is 3. The van der Waals surface area contributed by atoms with Gasteiger partial charge in [0.25, 0.3) is 0 Å². The molecule has 0 fully saturated rings. The van der Waals surface area contributed by atoms with Gasteiger partial charge in [-0.15, -0.1) is 0 Å². The van der Waals surface area contributed by atoms with Crippen molar-refractivity contribution in [2.45, 2.75) is 0 Å². The topological polar surface area (TPSA) is 112 Å². The van der Waals surface area contributed by atoms with Gasteiger partial charge in [-0.25, -0.2) is 4.79 Å². The molecule has 70 valence electrons. The van der Waals surface area contributed by atoms with E-state index in [0.29, 0.717) is 5.56 Å². The molecule has 5 heteroatoms. The first-order chi connectivity index (χ1) is 6.04. The molecule has 1 aromatic rings. The first kappa shape index (κ1) is 11.0. The van der Waals surface area contributed by atoms with Gasteiger partial charge < -0.3 is 17.2 Å². The summed E-state index contributed by atoms with van der Waals surface area (Å²) in [5.74, 6) is -0.379. The molecule has 0 spiro atoms. The second kappa shape index (κ2) is 5.59. The van der Waals surface area contributed by atoms with Gasteiger partial charge in [-0.3, -0.25) is 4.79 Å². The SMILES string of the molecule is NC(=O)c1ccccc1.NC(N)=O. The highest BCUT2D eigenvalue weighted by Gasteiger charge is 1.93. The van der Waals surface area contributed by atoms with E-state index in [1.54, 1.807) is 24.3 Å². The van der Waals surface area contributed by atoms with Crippen LogP contribution in [0.25, 0.3) is 0 Å². The second-order valence-corrected chi connectivity index (χ2v) is 2.13. The van der Waals surface area contributed by atoms with Crippen LogP contribution < -0.4 is 17.2 Å². The Bertz CT molecular complexity index is 281. The molecule has 1 rings (SSSR count). The van der Waals surface area contributed by atoms with E-state index in [2.05, 4.69) is 11.5 Å². The van der Waals surface area contributed by atoms with Gasteiger partial charge in [0, 0.05) is 5.56 Å². The zero-order valence-corrected chi connectivity index (χ0v) is 6.94. The summed E-state index contributed by atoms with van der Waals surface area (Å²) in [6.45, 7) is 0. The van der Waals surface area contributed by atoms with Crippen LogP contribution >= 0.6 is 0 Å². The molecule has 0 aliphatic heterocycles. The lowest BCUT2D eigenvalue weighted by Gasteiger charge is -1.89. The Balaban J connectivity index is 0.000000310. The number of benzene rings is 1. The fourth-order valence-corrected chi connectivity index (χ4v) is 0.602. The maximum atomic E-state index is 10.4. The fourth-order valence-electron chi connectivity index (χ4n) is 0.602. The quantitative estimate of drug-likeness (QED) is 0.557. The van der Waals surface area contributed by atoms with Crippen LogP contribution in [0.3, 0.4) is 0 Å². The van der Waals surface area contributed by atoms with Gasteiger partial charge in [-0.1, -0.05) is 18.2 Å². The van der Waals surface area contributed by atoms with Gasteiger partial charge in [0.1, 0.15) is 0 Å². The largest absolute Gasteiger partial charge is 0.366 e. The summed E-state index contributed by atoms with van der Waals surface area (Å²) in [6.07, 6.45) is 0. The lowest BCUT2D eigenvalue weighted by Crippen LogP contribution is -2.18. The Morgan fingerprint density at radius 2 is 1.31 bits per heavy atom. The van der Waals surface area contributed by atoms with E-state index < -0.39 is 6.03 Å². The third kappa shape index (κ3) is 6.36. The molecule has 0 radical (unpaired) electrons. The third-order valence-electron chi connectivity index (χ3n) is 1.06. The van der Waals surface area contributed by atoms with Gasteiger partial charge in [0.15, 0.2) is 0 Å². The Hall–Kier alpha value is -2.04. The number of nitrogens with two attached hydrogens (primary N) is 3. The molecule has 0 aliphatic carbocycles. The Morgan fingerprint density at radius 3 is 1.54 bits per heavy atom. The second-order valence-electron chi connectivity index (χ2n) is 2.13. The van der Waals surface area contributed by atoms with Crippen molar-refractivity contribution in [3.05, 3.63) is 35.9 Å². The highest BCUT2D eigenvalue weighted by atomic mass is 16.2. The Kier molecular flexibility index (Phi) is 4.71. The van der Waals surface area contributed by atoms with Crippen molar-refractivity contribution < 1.29 is 9.59 Å². The molecule has 0 bridgehead atoms. The summed E-state index contributed by atoms with van der Waals surface area (Å²) in [7, 11) is 0. The van der Waals surface area contributed by atoms with Crippen LogP contribution in [0, 0.1) is 0 Å². The molecule has 6 N–H and O–H groups in total. The predicted molar refractivity (Wildman–Crippen MR) is 48.7 cm³/mol. The minimum atomic E-state index is -0.833. The molecule has 1 aromatic carbocycles. The van der Waals surface area contributed by atoms with E-state index in [-0.39, 0.29) is 5.91 Å². The minimum absolute atomic E-state index is 0.379. The molecular weight excluding hydrogens is 170 g/mol. The van der Waals surface area contributed by atoms with Gasteiger partial charge in [-0.05, 0) is 12.1 Å². The highest BCUT2D eigenvalue weighted by molar-refractivity contribution is 5.92. The summed E-state index contributed by atoms with van der Waals surface area (Å²) < 4.78 is 0. The van der Waals surface area contributed by atoms with Crippen molar-refractivity contribution in [1.82, 2.24) is 0 Å². The number of carbonyl (C=O) groups is 2. The van der Waals surface area contributed by atoms with Gasteiger partial charge in [0.2, 0.25) is 5.91 Å². The zero-order valence-electron chi connectivity index (χ0n) is 6.94. The molecular formula is C8H11N3O2. The summed E-state index contributed by atoms with van der Waals surface area (Å²) in [4.78, 5) is 19.4. The van der Waals surface area contributed by atoms with Gasteiger partial charge in [-0.2, -0.15) is 0 Å². The number of primary amides is 3. The van der Waals surface area contributed by atoms with Crippen LogP contribution in [0.1, 0.15) is 10.4 Å². The standard InChI is InChI=1S/C7H7NO.CH4N2O/c8-7(9)6-4-2-1-3-5-6;2-1(3)4/h1-5H,(H2,8,9);(H4,2,3,4). The lowest BCUT2D eigenvalue weighted by molar-refractivity contribution is 0.100. The van der Waals surface area contributed by atoms with Crippen LogP contribution in [0.5, 0.6) is 0 Å². The molecule has 0 aromatic heterocycles. The summed E-state index contributed by atoms with van der Waals surface area (Å²) in [5.41, 5.74) is 14.0. The normalized spacial score (nSPS) is 8.00. The summed E-state index contributed by atoms with van der Waals surface area (Å²) >= 11 is 0. The summed E-state index contributed by atoms with van der Waals surface area (Å²) in [5, 5.41) is 0. The van der Waals surface area contributed by atoms with Crippen molar-refractivity contribution >= 4 is 11.9 Å². The third-order valence-corrected chi connectivity index (χ3v) is 1.06. The highest BCUT2D eigenvalue weighted by Crippen LogP contribution is 1.94. The maximum absolute atomic E-state index is 10.4. The van der Waals surface area contributed by atoms with Crippen molar-refractivity contribution in [3.63, 3.8) is 0 Å². The first-order valence-electron chi connectivity index (χ1n) is 3.43.